The summed E-state index contributed by atoms with van der Waals surface area (Å²) in [5.41, 5.74) is 1.12. The Morgan fingerprint density at radius 2 is 1.54 bits per heavy atom. The summed E-state index contributed by atoms with van der Waals surface area (Å²) >= 11 is 0. The van der Waals surface area contributed by atoms with E-state index in [1.807, 2.05) is 26.6 Å². The van der Waals surface area contributed by atoms with Crippen molar-refractivity contribution in [3.8, 4) is 0 Å². The molecule has 1 fully saturated rings. The quantitative estimate of drug-likeness (QED) is 0.0440. The lowest BCUT2D eigenvalue weighted by molar-refractivity contribution is -0.203. The Morgan fingerprint density at radius 1 is 0.854 bits per heavy atom. The van der Waals surface area contributed by atoms with Crippen LogP contribution < -0.4 is 0 Å². The minimum Gasteiger partial charge on any atom is -0.520 e. The van der Waals surface area contributed by atoms with Crippen LogP contribution in [0.4, 0.5) is 0 Å². The van der Waals surface area contributed by atoms with Gasteiger partial charge in [-0.3, -0.25) is 4.79 Å². The number of oxime groups is 1. The van der Waals surface area contributed by atoms with Gasteiger partial charge in [0.1, 0.15) is 6.61 Å². The molecule has 0 aromatic carbocycles. The molecule has 1 unspecified atom stereocenters. The Bertz CT molecular complexity index is 801. The van der Waals surface area contributed by atoms with E-state index < -0.39 is 25.0 Å². The number of unbranched alkanes of at least 4 members (excludes halogenated alkanes) is 3. The molecular weight excluding hydrogens is 567 g/mol. The van der Waals surface area contributed by atoms with Crippen LogP contribution >= 0.6 is 0 Å². The highest BCUT2D eigenvalue weighted by molar-refractivity contribution is 6.71. The van der Waals surface area contributed by atoms with Crippen LogP contribution in [-0.2, 0) is 27.6 Å². The molecule has 0 spiro atoms. The lowest BCUT2D eigenvalue weighted by atomic mass is 9.85. The molecule has 41 heavy (non-hydrogen) atoms. The Morgan fingerprint density at radius 3 is 2.12 bits per heavy atom. The summed E-state index contributed by atoms with van der Waals surface area (Å²) in [6, 6.07) is 0. The van der Waals surface area contributed by atoms with Crippen LogP contribution in [0.15, 0.2) is 17.3 Å². The van der Waals surface area contributed by atoms with Crippen molar-refractivity contribution in [3.05, 3.63) is 12.2 Å². The number of ether oxygens (including phenoxy) is 1. The van der Waals surface area contributed by atoms with Crippen LogP contribution in [0.5, 0.6) is 0 Å². The molecule has 0 N–H and O–H groups in total. The van der Waals surface area contributed by atoms with E-state index in [1.54, 1.807) is 0 Å². The SMILES string of the molecule is CCCCC/C(CC[C@H]1OC(O[Si](C)(C)C)C[C@H](O[Si](C)(C)C)[C@@H]1C/C=C\CCCC(=O)O[Si](C)(C)C)=N/OCC. The van der Waals surface area contributed by atoms with E-state index in [9.17, 15) is 4.79 Å². The third-order valence-electron chi connectivity index (χ3n) is 6.55. The number of hydrogen-bond acceptors (Lipinski definition) is 7. The van der Waals surface area contributed by atoms with E-state index in [0.29, 0.717) is 13.0 Å². The maximum absolute atomic E-state index is 12.1. The monoisotopic (exact) mass is 629 g/mol. The van der Waals surface area contributed by atoms with Gasteiger partial charge in [0.15, 0.2) is 22.9 Å². The molecule has 1 aliphatic rings. The van der Waals surface area contributed by atoms with Gasteiger partial charge in [-0.15, -0.1) is 0 Å². The number of allylic oxidation sites excluding steroid dienone is 2. The molecule has 0 aliphatic carbocycles. The minimum atomic E-state index is -1.82. The number of carbonyl (C=O) groups excluding carboxylic acids is 1. The zero-order valence-corrected chi connectivity index (χ0v) is 31.3. The van der Waals surface area contributed by atoms with Gasteiger partial charge < -0.3 is 22.9 Å². The zero-order chi connectivity index (χ0) is 31.1. The molecule has 10 heteroatoms. The van der Waals surface area contributed by atoms with Gasteiger partial charge in [0.25, 0.3) is 5.97 Å². The van der Waals surface area contributed by atoms with Gasteiger partial charge in [0, 0.05) is 18.8 Å². The molecule has 4 atom stereocenters. The second-order valence-corrected chi connectivity index (χ2v) is 27.6. The number of nitrogens with zero attached hydrogens (tertiary/aromatic N) is 1. The molecule has 1 rings (SSSR count). The van der Waals surface area contributed by atoms with Crippen LogP contribution in [0.2, 0.25) is 58.9 Å². The summed E-state index contributed by atoms with van der Waals surface area (Å²) in [7, 11) is -5.42. The second-order valence-electron chi connectivity index (χ2n) is 14.3. The molecule has 0 aromatic heterocycles. The van der Waals surface area contributed by atoms with Gasteiger partial charge >= 0.3 is 0 Å². The first-order valence-corrected chi connectivity index (χ1v) is 26.3. The summed E-state index contributed by atoms with van der Waals surface area (Å²) < 4.78 is 25.6. The van der Waals surface area contributed by atoms with Gasteiger partial charge in [0.2, 0.25) is 8.32 Å². The van der Waals surface area contributed by atoms with E-state index >= 15 is 0 Å². The van der Waals surface area contributed by atoms with Gasteiger partial charge in [-0.2, -0.15) is 0 Å². The van der Waals surface area contributed by atoms with E-state index in [4.69, 9.17) is 22.9 Å². The fourth-order valence-corrected chi connectivity index (χ4v) is 7.89. The first-order valence-electron chi connectivity index (χ1n) is 16.1. The molecule has 0 aromatic rings. The average Bonchev–Trinajstić information content (AvgIpc) is 2.80. The van der Waals surface area contributed by atoms with E-state index in [-0.39, 0.29) is 30.4 Å². The number of hydrogen-bond donors (Lipinski definition) is 0. The van der Waals surface area contributed by atoms with Crippen molar-refractivity contribution in [1.82, 2.24) is 0 Å². The van der Waals surface area contributed by atoms with Crippen molar-refractivity contribution in [2.75, 3.05) is 6.61 Å². The Balaban J connectivity index is 3.02. The minimum absolute atomic E-state index is 0.0147. The van der Waals surface area contributed by atoms with Crippen molar-refractivity contribution < 1.29 is 27.6 Å². The van der Waals surface area contributed by atoms with Crippen molar-refractivity contribution in [1.29, 1.82) is 0 Å². The lowest BCUT2D eigenvalue weighted by Crippen LogP contribution is -2.51. The lowest BCUT2D eigenvalue weighted by Gasteiger charge is -2.45. The third kappa shape index (κ3) is 19.2. The standard InChI is InChI=1S/C31H63NO6Si3/c1-12-14-17-20-26(32-34-13-2)23-24-28-27(21-18-15-16-19-22-30(33)37-40(6,7)8)29(36-39(3,4)5)25-31(35-28)38-41(9,10)11/h15,18,27-29,31H,12-14,16-17,19-25H2,1-11H3/b18-15-,32-26-/t27-,28-,29+,31?/m1/s1. The maximum Gasteiger partial charge on any atom is 0.292 e. The molecule has 0 bridgehead atoms. The molecule has 1 aliphatic heterocycles. The van der Waals surface area contributed by atoms with Crippen molar-refractivity contribution in [3.63, 3.8) is 0 Å². The van der Waals surface area contributed by atoms with Crippen molar-refractivity contribution >= 4 is 36.6 Å². The molecular formula is C31H63NO6Si3. The predicted molar refractivity (Wildman–Crippen MR) is 179 cm³/mol. The second kappa shape index (κ2) is 18.8. The first-order chi connectivity index (χ1) is 19.0. The number of rotatable bonds is 20. The summed E-state index contributed by atoms with van der Waals surface area (Å²) in [6.45, 7) is 24.4. The molecule has 0 radical (unpaired) electrons. The van der Waals surface area contributed by atoms with Crippen LogP contribution in [0, 0.1) is 5.92 Å². The topological polar surface area (TPSA) is 75.6 Å². The van der Waals surface area contributed by atoms with E-state index in [0.717, 1.165) is 57.1 Å². The zero-order valence-electron chi connectivity index (χ0n) is 28.3. The first kappa shape index (κ1) is 38.2. The normalized spacial score (nSPS) is 22.8. The predicted octanol–water partition coefficient (Wildman–Crippen LogP) is 9.04. The smallest absolute Gasteiger partial charge is 0.292 e. The van der Waals surface area contributed by atoms with Crippen LogP contribution in [0.1, 0.15) is 84.5 Å². The highest BCUT2D eigenvalue weighted by Crippen LogP contribution is 2.36. The summed E-state index contributed by atoms with van der Waals surface area (Å²) in [5, 5.41) is 4.48. The van der Waals surface area contributed by atoms with Gasteiger partial charge in [-0.1, -0.05) is 37.1 Å². The van der Waals surface area contributed by atoms with Crippen molar-refractivity contribution in [2.45, 2.75) is 162 Å². The van der Waals surface area contributed by atoms with Crippen molar-refractivity contribution in [2.24, 2.45) is 11.1 Å². The molecule has 1 heterocycles. The molecule has 240 valence electrons. The highest BCUT2D eigenvalue weighted by atomic mass is 28.4. The van der Waals surface area contributed by atoms with Gasteiger partial charge in [-0.25, -0.2) is 0 Å². The molecule has 0 saturated carbocycles. The van der Waals surface area contributed by atoms with Gasteiger partial charge in [0.05, 0.1) is 17.9 Å². The third-order valence-corrected chi connectivity index (χ3v) is 9.37. The van der Waals surface area contributed by atoms with E-state index in [2.05, 4.69) is 63.5 Å². The summed E-state index contributed by atoms with van der Waals surface area (Å²) in [6.07, 6.45) is 14.3. The summed E-state index contributed by atoms with van der Waals surface area (Å²) in [4.78, 5) is 17.6. The highest BCUT2D eigenvalue weighted by Gasteiger charge is 2.42. The Labute approximate surface area is 255 Å². The fraction of sp³-hybridized carbons (Fsp3) is 0.871. The molecule has 0 amide bonds. The average molecular weight is 630 g/mol. The van der Waals surface area contributed by atoms with Gasteiger partial charge in [-0.05, 0) is 111 Å². The van der Waals surface area contributed by atoms with Crippen LogP contribution in [0.25, 0.3) is 0 Å². The summed E-state index contributed by atoms with van der Waals surface area (Å²) in [5.74, 6) is 0.166. The fourth-order valence-electron chi connectivity index (χ4n) is 4.99. The largest absolute Gasteiger partial charge is 0.520 e. The van der Waals surface area contributed by atoms with E-state index in [1.165, 1.54) is 12.8 Å². The number of carbonyl (C=O) groups is 1. The Kier molecular flexibility index (Phi) is 17.5. The van der Waals surface area contributed by atoms with Crippen LogP contribution in [0.3, 0.4) is 0 Å². The molecule has 1 saturated heterocycles. The van der Waals surface area contributed by atoms with Crippen LogP contribution in [-0.4, -0.2) is 61.7 Å². The molecule has 7 nitrogen and oxygen atoms in total. The Hall–Kier alpha value is -0.789. The maximum atomic E-state index is 12.1.